The third kappa shape index (κ3) is 6.73. The third-order valence-electron chi connectivity index (χ3n) is 5.41. The Balaban J connectivity index is 1.76. The van der Waals surface area contributed by atoms with Crippen LogP contribution in [0.2, 0.25) is 0 Å². The number of hydrogen-bond acceptors (Lipinski definition) is 5. The topological polar surface area (TPSA) is 101 Å². The van der Waals surface area contributed by atoms with Gasteiger partial charge in [-0.1, -0.05) is 61.5 Å². The van der Waals surface area contributed by atoms with Gasteiger partial charge in [-0.05, 0) is 24.5 Å². The number of amides is 2. The molecule has 3 rings (SSSR count). The Kier molecular flexibility index (Phi) is 8.91. The number of nitrogens with one attached hydrogen (secondary N) is 2. The first-order chi connectivity index (χ1) is 16.4. The van der Waals surface area contributed by atoms with Crippen LogP contribution in [-0.4, -0.2) is 35.4 Å². The highest BCUT2D eigenvalue weighted by atomic mass is 32.1. The molecule has 0 aliphatic heterocycles. The number of nitrogens with zero attached hydrogens (tertiary/aromatic N) is 2. The van der Waals surface area contributed by atoms with Crippen LogP contribution in [0.15, 0.2) is 54.6 Å². The average Bonchev–Trinajstić information content (AvgIpc) is 3.23. The number of rotatable bonds is 10. The summed E-state index contributed by atoms with van der Waals surface area (Å²) < 4.78 is 0. The van der Waals surface area contributed by atoms with Crippen molar-refractivity contribution >= 4 is 28.8 Å². The summed E-state index contributed by atoms with van der Waals surface area (Å²) in [6, 6.07) is 16.2. The highest BCUT2D eigenvalue weighted by Crippen LogP contribution is 2.31. The number of nitrogens with two attached hydrogens (primary N) is 1. The summed E-state index contributed by atoms with van der Waals surface area (Å²) >= 11 is 1.49. The molecular weight excluding hydrogens is 446 g/mol. The van der Waals surface area contributed by atoms with Crippen molar-refractivity contribution in [2.24, 2.45) is 5.73 Å². The first-order valence-electron chi connectivity index (χ1n) is 11.2. The maximum absolute atomic E-state index is 13.2. The predicted molar refractivity (Wildman–Crippen MR) is 136 cm³/mol. The molecule has 0 fully saturated rings. The van der Waals surface area contributed by atoms with Gasteiger partial charge in [0, 0.05) is 25.4 Å². The lowest BCUT2D eigenvalue weighted by Crippen LogP contribution is -2.52. The number of aryl methyl sites for hydroxylation is 1. The van der Waals surface area contributed by atoms with E-state index >= 15 is 0 Å². The fourth-order valence-electron chi connectivity index (χ4n) is 3.57. The summed E-state index contributed by atoms with van der Waals surface area (Å²) in [6.45, 7) is 11.1. The summed E-state index contributed by atoms with van der Waals surface area (Å²) in [7, 11) is 0. The number of aromatic nitrogens is 1. The van der Waals surface area contributed by atoms with E-state index in [1.54, 1.807) is 19.1 Å². The summed E-state index contributed by atoms with van der Waals surface area (Å²) in [6.07, 6.45) is 1.17. The molecule has 2 amide bonds. The van der Waals surface area contributed by atoms with E-state index in [0.717, 1.165) is 26.7 Å². The number of thiazole rings is 1. The van der Waals surface area contributed by atoms with Crippen molar-refractivity contribution in [1.29, 1.82) is 0 Å². The van der Waals surface area contributed by atoms with Gasteiger partial charge in [0.1, 0.15) is 6.04 Å². The van der Waals surface area contributed by atoms with Crippen molar-refractivity contribution in [2.45, 2.75) is 45.2 Å². The first-order valence-corrected chi connectivity index (χ1v) is 12.0. The van der Waals surface area contributed by atoms with E-state index in [2.05, 4.69) is 20.5 Å². The van der Waals surface area contributed by atoms with Gasteiger partial charge in [0.25, 0.3) is 0 Å². The smallest absolute Gasteiger partial charge is 0.243 e. The highest BCUT2D eigenvalue weighted by Gasteiger charge is 2.25. The van der Waals surface area contributed by atoms with Crippen molar-refractivity contribution in [2.75, 3.05) is 6.54 Å². The standard InChI is InChI=1S/C26H29N5O2S/c1-4-23(32)31-22(26(33)30-21(16-27)14-18-8-6-5-7-9-18)15-24-29-17(2)25(34-24)19-10-12-20(28-3)13-11-19/h5-13,21-22H,4,14-16,27H2,1-2H3,(H,30,33)(H,31,32)/t21-,22-/m0/s1. The highest BCUT2D eigenvalue weighted by molar-refractivity contribution is 7.15. The molecule has 176 valence electrons. The Bertz CT molecular complexity index is 1150. The Morgan fingerprint density at radius 2 is 1.79 bits per heavy atom. The molecular formula is C26H29N5O2S. The minimum Gasteiger partial charge on any atom is -0.350 e. The Morgan fingerprint density at radius 3 is 2.41 bits per heavy atom. The zero-order valence-corrected chi connectivity index (χ0v) is 20.2. The van der Waals surface area contributed by atoms with Crippen LogP contribution in [0.1, 0.15) is 29.6 Å². The molecule has 7 nitrogen and oxygen atoms in total. The van der Waals surface area contributed by atoms with Gasteiger partial charge in [-0.2, -0.15) is 0 Å². The van der Waals surface area contributed by atoms with Crippen LogP contribution in [0.5, 0.6) is 0 Å². The molecule has 0 bridgehead atoms. The normalized spacial score (nSPS) is 12.4. The molecule has 2 atom stereocenters. The maximum atomic E-state index is 13.2. The molecule has 34 heavy (non-hydrogen) atoms. The van der Waals surface area contributed by atoms with E-state index in [1.165, 1.54) is 11.3 Å². The third-order valence-corrected chi connectivity index (χ3v) is 6.64. The van der Waals surface area contributed by atoms with E-state index in [1.807, 2.05) is 49.4 Å². The van der Waals surface area contributed by atoms with Gasteiger partial charge >= 0.3 is 0 Å². The second-order valence-electron chi connectivity index (χ2n) is 7.99. The minimum absolute atomic E-state index is 0.198. The van der Waals surface area contributed by atoms with E-state index in [0.29, 0.717) is 12.1 Å². The lowest BCUT2D eigenvalue weighted by atomic mass is 10.1. The molecule has 1 aromatic heterocycles. The van der Waals surface area contributed by atoms with Crippen molar-refractivity contribution < 1.29 is 9.59 Å². The van der Waals surface area contributed by atoms with Crippen molar-refractivity contribution in [3.05, 3.63) is 82.3 Å². The summed E-state index contributed by atoms with van der Waals surface area (Å²) in [5.74, 6) is -0.472. The van der Waals surface area contributed by atoms with Gasteiger partial charge in [0.15, 0.2) is 5.69 Å². The molecule has 0 saturated carbocycles. The van der Waals surface area contributed by atoms with Crippen LogP contribution in [0.3, 0.4) is 0 Å². The Hall–Kier alpha value is -3.54. The van der Waals surface area contributed by atoms with Gasteiger partial charge in [0.2, 0.25) is 11.8 Å². The number of carbonyl (C=O) groups is 2. The Morgan fingerprint density at radius 1 is 1.09 bits per heavy atom. The van der Waals surface area contributed by atoms with E-state index < -0.39 is 6.04 Å². The zero-order chi connectivity index (χ0) is 24.5. The molecule has 3 aromatic rings. The molecule has 8 heteroatoms. The van der Waals surface area contributed by atoms with Crippen molar-refractivity contribution in [3.8, 4) is 10.4 Å². The van der Waals surface area contributed by atoms with Crippen LogP contribution in [0.4, 0.5) is 5.69 Å². The molecule has 0 unspecified atom stereocenters. The van der Waals surface area contributed by atoms with Crippen LogP contribution in [0.25, 0.3) is 15.3 Å². The fourth-order valence-corrected chi connectivity index (χ4v) is 4.68. The maximum Gasteiger partial charge on any atom is 0.243 e. The van der Waals surface area contributed by atoms with Crippen LogP contribution in [0, 0.1) is 13.5 Å². The number of carbonyl (C=O) groups excluding carboxylic acids is 2. The predicted octanol–water partition coefficient (Wildman–Crippen LogP) is 3.79. The van der Waals surface area contributed by atoms with E-state index in [9.17, 15) is 9.59 Å². The molecule has 2 aromatic carbocycles. The van der Waals surface area contributed by atoms with Crippen LogP contribution in [-0.2, 0) is 22.4 Å². The lowest BCUT2D eigenvalue weighted by Gasteiger charge is -2.22. The molecule has 0 aliphatic carbocycles. The lowest BCUT2D eigenvalue weighted by molar-refractivity contribution is -0.129. The molecule has 1 heterocycles. The quantitative estimate of drug-likeness (QED) is 0.388. The summed E-state index contributed by atoms with van der Waals surface area (Å²) in [4.78, 5) is 34.4. The van der Waals surface area contributed by atoms with Crippen LogP contribution >= 0.6 is 11.3 Å². The van der Waals surface area contributed by atoms with Gasteiger partial charge < -0.3 is 16.4 Å². The second kappa shape index (κ2) is 12.1. The van der Waals surface area contributed by atoms with Gasteiger partial charge in [-0.25, -0.2) is 9.83 Å². The monoisotopic (exact) mass is 475 g/mol. The molecule has 0 radical (unpaired) electrons. The zero-order valence-electron chi connectivity index (χ0n) is 19.4. The van der Waals surface area contributed by atoms with Gasteiger partial charge in [-0.3, -0.25) is 9.59 Å². The fraction of sp³-hybridized carbons (Fsp3) is 0.308. The summed E-state index contributed by atoms with van der Waals surface area (Å²) in [5.41, 5.74) is 9.40. The largest absolute Gasteiger partial charge is 0.350 e. The van der Waals surface area contributed by atoms with Crippen molar-refractivity contribution in [3.63, 3.8) is 0 Å². The molecule has 0 spiro atoms. The molecule has 0 saturated heterocycles. The van der Waals surface area contributed by atoms with E-state index in [-0.39, 0.29) is 37.2 Å². The van der Waals surface area contributed by atoms with Crippen molar-refractivity contribution in [1.82, 2.24) is 15.6 Å². The molecule has 0 aliphatic rings. The van der Waals surface area contributed by atoms with Gasteiger partial charge in [0.05, 0.1) is 22.2 Å². The van der Waals surface area contributed by atoms with Gasteiger partial charge in [-0.15, -0.1) is 11.3 Å². The second-order valence-corrected chi connectivity index (χ2v) is 9.07. The van der Waals surface area contributed by atoms with Crippen LogP contribution < -0.4 is 16.4 Å². The van der Waals surface area contributed by atoms with E-state index in [4.69, 9.17) is 12.3 Å². The number of hydrogen-bond donors (Lipinski definition) is 3. The Labute approximate surface area is 204 Å². The SMILES string of the molecule is [C-]#[N+]c1ccc(-c2sc(C[C@H](NC(=O)CC)C(=O)N[C@H](CN)Cc3ccccc3)nc2C)cc1. The molecule has 4 N–H and O–H groups in total. The first kappa shape index (κ1) is 25.1. The average molecular weight is 476 g/mol. The minimum atomic E-state index is -0.750. The number of benzene rings is 2. The summed E-state index contributed by atoms with van der Waals surface area (Å²) in [5, 5.41) is 6.59.